The molecule has 14 heteroatoms. The minimum Gasteiger partial charge on any atom is -0.378 e. The maximum atomic E-state index is 13.8. The number of hydrogen-bond donors (Lipinski definition) is 3. The van der Waals surface area contributed by atoms with Crippen LogP contribution < -0.4 is 11.1 Å². The fourth-order valence-corrected chi connectivity index (χ4v) is 7.98. The Bertz CT molecular complexity index is 1640. The average molecular weight is 598 g/mol. The monoisotopic (exact) mass is 597 g/mol. The molecule has 3 aliphatic heterocycles. The largest absolute Gasteiger partial charge is 0.378 e. The van der Waals surface area contributed by atoms with Gasteiger partial charge in [-0.15, -0.1) is 17.8 Å². The number of fused-ring (bicyclic) bond motifs is 2. The summed E-state index contributed by atoms with van der Waals surface area (Å²) < 4.78 is 34.2. The minimum absolute atomic E-state index is 0.00644. The molecule has 1 aromatic carbocycles. The van der Waals surface area contributed by atoms with Crippen LogP contribution in [-0.4, -0.2) is 102 Å². The first-order valence-electron chi connectivity index (χ1n) is 13.5. The number of amides is 2. The molecule has 41 heavy (non-hydrogen) atoms. The maximum absolute atomic E-state index is 13.8. The van der Waals surface area contributed by atoms with E-state index in [1.165, 1.54) is 15.6 Å². The van der Waals surface area contributed by atoms with Gasteiger partial charge in [-0.05, 0) is 24.3 Å². The fraction of sp³-hybridized carbons (Fsp3) is 0.444. The summed E-state index contributed by atoms with van der Waals surface area (Å²) in [4.78, 5) is 38.9. The van der Waals surface area contributed by atoms with Crippen molar-refractivity contribution in [2.24, 2.45) is 5.73 Å². The second-order valence-corrected chi connectivity index (χ2v) is 13.4. The molecule has 0 aliphatic carbocycles. The minimum atomic E-state index is -3.95. The first-order valence-corrected chi connectivity index (χ1v) is 15.7. The Morgan fingerprint density at radius 2 is 2.00 bits per heavy atom. The number of nitrogens with one attached hydrogen (secondary N) is 2. The molecule has 5 heterocycles. The summed E-state index contributed by atoms with van der Waals surface area (Å²) in [5, 5.41) is 4.22. The maximum Gasteiger partial charge on any atom is 0.283 e. The molecule has 2 aromatic heterocycles. The quantitative estimate of drug-likeness (QED) is 0.355. The van der Waals surface area contributed by atoms with Gasteiger partial charge in [-0.1, -0.05) is 5.92 Å². The molecule has 2 fully saturated rings. The Kier molecular flexibility index (Phi) is 7.58. The Morgan fingerprint density at radius 3 is 2.78 bits per heavy atom. The molecule has 12 nitrogen and oxygen atoms in total. The van der Waals surface area contributed by atoms with Crippen LogP contribution in [-0.2, 0) is 32.5 Å². The van der Waals surface area contributed by atoms with Crippen molar-refractivity contribution in [1.29, 1.82) is 0 Å². The molecule has 3 aliphatic rings. The highest BCUT2D eigenvalue weighted by Crippen LogP contribution is 2.29. The molecule has 216 valence electrons. The van der Waals surface area contributed by atoms with Crippen LogP contribution in [0.4, 0.5) is 0 Å². The molecule has 3 aromatic rings. The number of hydrogen-bond acceptors (Lipinski definition) is 9. The molecular formula is C27H31N7O5S2. The van der Waals surface area contributed by atoms with Gasteiger partial charge >= 0.3 is 0 Å². The number of benzene rings is 1. The van der Waals surface area contributed by atoms with Crippen LogP contribution in [0.2, 0.25) is 0 Å². The zero-order chi connectivity index (χ0) is 28.7. The third-order valence-electron chi connectivity index (χ3n) is 7.76. The van der Waals surface area contributed by atoms with Crippen molar-refractivity contribution in [3.63, 3.8) is 0 Å². The lowest BCUT2D eigenvalue weighted by atomic mass is 10.1. The van der Waals surface area contributed by atoms with E-state index in [9.17, 15) is 18.0 Å². The van der Waals surface area contributed by atoms with Crippen LogP contribution in [0, 0.1) is 12.3 Å². The number of nitrogens with zero attached hydrogens (tertiary/aromatic N) is 4. The number of H-pyrrole nitrogens is 1. The average Bonchev–Trinajstić information content (AvgIpc) is 3.61. The van der Waals surface area contributed by atoms with Crippen LogP contribution in [0.5, 0.6) is 0 Å². The summed E-state index contributed by atoms with van der Waals surface area (Å²) in [7, 11) is -3.95. The highest BCUT2D eigenvalue weighted by molar-refractivity contribution is 7.89. The number of carbonyl (C=O) groups excluding carboxylic acids is 2. The van der Waals surface area contributed by atoms with E-state index in [4.69, 9.17) is 16.9 Å². The van der Waals surface area contributed by atoms with Crippen molar-refractivity contribution >= 4 is 44.1 Å². The predicted molar refractivity (Wildman–Crippen MR) is 152 cm³/mol. The number of piperazine rings is 1. The van der Waals surface area contributed by atoms with Gasteiger partial charge in [0.2, 0.25) is 5.91 Å². The Hall–Kier alpha value is -3.32. The van der Waals surface area contributed by atoms with Crippen LogP contribution in [0.1, 0.15) is 32.4 Å². The second kappa shape index (κ2) is 11.2. The molecule has 2 unspecified atom stereocenters. The summed E-state index contributed by atoms with van der Waals surface area (Å²) in [5.41, 5.74) is 8.11. The van der Waals surface area contributed by atoms with Gasteiger partial charge in [0.15, 0.2) is 5.01 Å². The molecule has 6 rings (SSSR count). The summed E-state index contributed by atoms with van der Waals surface area (Å²) in [6.07, 6.45) is 5.80. The lowest BCUT2D eigenvalue weighted by Gasteiger charge is -2.41. The first kappa shape index (κ1) is 27.8. The Morgan fingerprint density at radius 1 is 1.20 bits per heavy atom. The van der Waals surface area contributed by atoms with Crippen molar-refractivity contribution in [3.8, 4) is 12.3 Å². The predicted octanol–water partition coefficient (Wildman–Crippen LogP) is 0.300. The molecular weight excluding hydrogens is 566 g/mol. The SMILES string of the molecule is C#Cc1ccc2[nH]c(S(=O)(=O)N3CCN(C(=O)c4nc5c(s4)CNC(N)C5)C(CC(=O)N4CCOCC4)C3)cc2c1. The number of rotatable bonds is 5. The van der Waals surface area contributed by atoms with Gasteiger partial charge in [0.25, 0.3) is 15.9 Å². The highest BCUT2D eigenvalue weighted by Gasteiger charge is 2.40. The van der Waals surface area contributed by atoms with Crippen LogP contribution in [0.15, 0.2) is 29.3 Å². The summed E-state index contributed by atoms with van der Waals surface area (Å²) >= 11 is 1.31. The Labute approximate surface area is 241 Å². The van der Waals surface area contributed by atoms with Gasteiger partial charge in [0, 0.05) is 73.5 Å². The van der Waals surface area contributed by atoms with Crippen LogP contribution >= 0.6 is 11.3 Å². The fourth-order valence-electron chi connectivity index (χ4n) is 5.50. The normalized spacial score (nSPS) is 22.0. The third-order valence-corrected chi connectivity index (χ3v) is 10.6. The number of nitrogens with two attached hydrogens (primary N) is 1. The van der Waals surface area contributed by atoms with E-state index < -0.39 is 16.1 Å². The summed E-state index contributed by atoms with van der Waals surface area (Å²) in [6, 6.07) is 6.14. The van der Waals surface area contributed by atoms with Crippen LogP contribution in [0.25, 0.3) is 10.9 Å². The van der Waals surface area contributed by atoms with E-state index >= 15 is 0 Å². The van der Waals surface area contributed by atoms with Gasteiger partial charge < -0.3 is 25.3 Å². The molecule has 2 saturated heterocycles. The lowest BCUT2D eigenvalue weighted by Crippen LogP contribution is -2.58. The zero-order valence-corrected chi connectivity index (χ0v) is 24.0. The summed E-state index contributed by atoms with van der Waals surface area (Å²) in [6.45, 7) is 2.55. The lowest BCUT2D eigenvalue weighted by molar-refractivity contribution is -0.136. The molecule has 2 atom stereocenters. The summed E-state index contributed by atoms with van der Waals surface area (Å²) in [5.74, 6) is 2.11. The number of aromatic amines is 1. The van der Waals surface area contributed by atoms with Crippen molar-refractivity contribution in [3.05, 3.63) is 45.4 Å². The van der Waals surface area contributed by atoms with Gasteiger partial charge in [-0.3, -0.25) is 14.9 Å². The molecule has 4 N–H and O–H groups in total. The molecule has 0 radical (unpaired) electrons. The number of carbonyl (C=O) groups is 2. The first-order chi connectivity index (χ1) is 19.7. The van der Waals surface area contributed by atoms with Gasteiger partial charge in [-0.25, -0.2) is 13.4 Å². The van der Waals surface area contributed by atoms with Gasteiger partial charge in [0.1, 0.15) is 5.03 Å². The topological polar surface area (TPSA) is 154 Å². The Balaban J connectivity index is 1.27. The number of ether oxygens (including phenoxy) is 1. The van der Waals surface area contributed by atoms with E-state index in [2.05, 4.69) is 21.2 Å². The molecule has 0 saturated carbocycles. The number of aromatic nitrogens is 2. The van der Waals surface area contributed by atoms with Gasteiger partial charge in [-0.2, -0.15) is 4.31 Å². The van der Waals surface area contributed by atoms with Crippen molar-refractivity contribution < 1.29 is 22.7 Å². The molecule has 0 spiro atoms. The molecule has 0 bridgehead atoms. The number of morpholine rings is 1. The van der Waals surface area contributed by atoms with E-state index in [1.54, 1.807) is 34.1 Å². The van der Waals surface area contributed by atoms with E-state index in [1.807, 2.05) is 0 Å². The van der Waals surface area contributed by atoms with E-state index in [-0.39, 0.29) is 49.1 Å². The number of thiazole rings is 1. The van der Waals surface area contributed by atoms with Crippen molar-refractivity contribution in [2.45, 2.75) is 36.6 Å². The second-order valence-electron chi connectivity index (χ2n) is 10.4. The molecule has 2 amide bonds. The standard InChI is InChI=1S/C27H31N7O5S2/c1-2-17-3-4-20-18(11-17)12-24(30-20)41(37,38)33-5-6-34(19(16-33)13-25(35)32-7-9-39-10-8-32)27(36)26-31-21-14-23(28)29-15-22(21)40-26/h1,3-4,11-12,19,23,29-30H,5-10,13-16,28H2. The number of terminal acetylenes is 1. The van der Waals surface area contributed by atoms with Gasteiger partial charge in [0.05, 0.1) is 31.1 Å². The zero-order valence-electron chi connectivity index (χ0n) is 22.3. The van der Waals surface area contributed by atoms with Crippen LogP contribution in [0.3, 0.4) is 0 Å². The highest BCUT2D eigenvalue weighted by atomic mass is 32.2. The third kappa shape index (κ3) is 5.49. The smallest absolute Gasteiger partial charge is 0.283 e. The number of sulfonamides is 1. The van der Waals surface area contributed by atoms with E-state index in [0.29, 0.717) is 60.7 Å². The van der Waals surface area contributed by atoms with Crippen molar-refractivity contribution in [1.82, 2.24) is 29.4 Å². The van der Waals surface area contributed by atoms with Crippen molar-refractivity contribution in [2.75, 3.05) is 45.9 Å². The van der Waals surface area contributed by atoms with E-state index in [0.717, 1.165) is 10.6 Å².